The second kappa shape index (κ2) is 8.84. The molecule has 4 rings (SSSR count). The molecule has 1 saturated heterocycles. The first kappa shape index (κ1) is 19.7. The van der Waals surface area contributed by atoms with Crippen molar-refractivity contribution in [2.75, 3.05) is 6.54 Å². The van der Waals surface area contributed by atoms with Gasteiger partial charge < -0.3 is 4.42 Å². The van der Waals surface area contributed by atoms with Crippen molar-refractivity contribution in [3.05, 3.63) is 87.4 Å². The molecule has 0 unspecified atom stereocenters. The lowest BCUT2D eigenvalue weighted by atomic mass is 10.1. The second-order valence-corrected chi connectivity index (χ2v) is 8.54. The summed E-state index contributed by atoms with van der Waals surface area (Å²) in [6.07, 6.45) is 3.21. The summed E-state index contributed by atoms with van der Waals surface area (Å²) in [5, 5.41) is -0.229. The van der Waals surface area contributed by atoms with Crippen molar-refractivity contribution >= 4 is 44.9 Å². The van der Waals surface area contributed by atoms with Gasteiger partial charge in [0.25, 0.3) is 11.1 Å². The highest BCUT2D eigenvalue weighted by Crippen LogP contribution is 2.33. The van der Waals surface area contributed by atoms with Crippen molar-refractivity contribution in [1.29, 1.82) is 0 Å². The summed E-state index contributed by atoms with van der Waals surface area (Å²) in [7, 11) is 0. The summed E-state index contributed by atoms with van der Waals surface area (Å²) >= 11 is 4.41. The lowest BCUT2D eigenvalue weighted by Crippen LogP contribution is -2.29. The Morgan fingerprint density at radius 3 is 2.62 bits per heavy atom. The Bertz CT molecular complexity index is 1070. The van der Waals surface area contributed by atoms with Gasteiger partial charge in [0.2, 0.25) is 0 Å². The topological polar surface area (TPSA) is 50.5 Å². The number of benzene rings is 2. The Kier molecular flexibility index (Phi) is 6.02. The number of nitrogens with zero attached hydrogens (tertiary/aromatic N) is 1. The van der Waals surface area contributed by atoms with E-state index in [1.165, 1.54) is 10.5 Å². The van der Waals surface area contributed by atoms with Crippen LogP contribution in [0.15, 0.2) is 80.5 Å². The molecule has 0 radical (unpaired) electrons. The summed E-state index contributed by atoms with van der Waals surface area (Å²) in [5.74, 6) is 1.00. The predicted molar refractivity (Wildman–Crippen MR) is 119 cm³/mol. The number of carbonyl (C=O) groups is 2. The molecule has 2 heterocycles. The largest absolute Gasteiger partial charge is 0.457 e. The number of hydrogen-bond acceptors (Lipinski definition) is 4. The van der Waals surface area contributed by atoms with E-state index in [4.69, 9.17) is 4.42 Å². The minimum Gasteiger partial charge on any atom is -0.457 e. The Labute approximate surface area is 181 Å². The number of hydrogen-bond donors (Lipinski definition) is 0. The lowest BCUT2D eigenvalue weighted by Gasteiger charge is -2.11. The van der Waals surface area contributed by atoms with Crippen LogP contribution in [0.5, 0.6) is 0 Å². The smallest absolute Gasteiger partial charge is 0.293 e. The van der Waals surface area contributed by atoms with Crippen LogP contribution in [0.3, 0.4) is 0 Å². The van der Waals surface area contributed by atoms with Gasteiger partial charge in [0.05, 0.1) is 4.91 Å². The summed E-state index contributed by atoms with van der Waals surface area (Å²) in [6, 6.07) is 21.5. The zero-order chi connectivity index (χ0) is 20.2. The third-order valence-corrected chi connectivity index (χ3v) is 5.97. The van der Waals surface area contributed by atoms with Crippen molar-refractivity contribution in [2.45, 2.75) is 12.8 Å². The molecule has 4 nitrogen and oxygen atoms in total. The van der Waals surface area contributed by atoms with Gasteiger partial charge in [-0.3, -0.25) is 14.5 Å². The molecule has 1 aliphatic rings. The number of furan rings is 1. The molecule has 1 aromatic heterocycles. The summed E-state index contributed by atoms with van der Waals surface area (Å²) in [4.78, 5) is 26.6. The minimum atomic E-state index is -0.256. The van der Waals surface area contributed by atoms with E-state index in [9.17, 15) is 9.59 Å². The maximum absolute atomic E-state index is 12.7. The first-order valence-electron chi connectivity index (χ1n) is 9.25. The van der Waals surface area contributed by atoms with Gasteiger partial charge in [0.15, 0.2) is 0 Å². The first-order valence-corrected chi connectivity index (χ1v) is 10.9. The highest BCUT2D eigenvalue weighted by Gasteiger charge is 2.34. The fourth-order valence-electron chi connectivity index (χ4n) is 3.14. The summed E-state index contributed by atoms with van der Waals surface area (Å²) in [6.45, 7) is 0.415. The van der Waals surface area contributed by atoms with E-state index < -0.39 is 0 Å². The number of carbonyl (C=O) groups excluding carboxylic acids is 2. The molecule has 0 bridgehead atoms. The third-order valence-electron chi connectivity index (χ3n) is 4.57. The van der Waals surface area contributed by atoms with Crippen molar-refractivity contribution in [3.8, 4) is 11.3 Å². The van der Waals surface area contributed by atoms with Crippen LogP contribution in [0.25, 0.3) is 17.4 Å². The van der Waals surface area contributed by atoms with E-state index in [2.05, 4.69) is 15.9 Å². The molecule has 1 aliphatic heterocycles. The highest BCUT2D eigenvalue weighted by molar-refractivity contribution is 9.10. The maximum Gasteiger partial charge on any atom is 0.293 e. The lowest BCUT2D eigenvalue weighted by molar-refractivity contribution is -0.122. The van der Waals surface area contributed by atoms with Crippen molar-refractivity contribution in [3.63, 3.8) is 0 Å². The van der Waals surface area contributed by atoms with Crippen LogP contribution < -0.4 is 0 Å². The van der Waals surface area contributed by atoms with Crippen LogP contribution in [0.4, 0.5) is 4.79 Å². The van der Waals surface area contributed by atoms with E-state index in [0.717, 1.165) is 34.6 Å². The van der Waals surface area contributed by atoms with Gasteiger partial charge in [-0.1, -0.05) is 58.4 Å². The first-order chi connectivity index (χ1) is 14.1. The standard InChI is InChI=1S/C23H18BrNO3S/c24-18-10-4-9-17(14-18)20-12-11-19(28-20)15-21-22(26)25(23(27)29-21)13-5-8-16-6-2-1-3-7-16/h1-4,6-7,9-12,14-15H,5,8,13H2/b21-15+. The molecule has 29 heavy (non-hydrogen) atoms. The van der Waals surface area contributed by atoms with Gasteiger partial charge in [-0.05, 0) is 54.4 Å². The van der Waals surface area contributed by atoms with Crippen LogP contribution in [0.2, 0.25) is 0 Å². The van der Waals surface area contributed by atoms with Gasteiger partial charge >= 0.3 is 0 Å². The van der Waals surface area contributed by atoms with Crippen molar-refractivity contribution in [2.24, 2.45) is 0 Å². The molecule has 0 saturated carbocycles. The number of thioether (sulfide) groups is 1. The number of aryl methyl sites for hydroxylation is 1. The molecule has 146 valence electrons. The molecule has 1 fully saturated rings. The molecule has 2 amide bonds. The van der Waals surface area contributed by atoms with E-state index >= 15 is 0 Å². The van der Waals surface area contributed by atoms with Crippen LogP contribution >= 0.6 is 27.7 Å². The second-order valence-electron chi connectivity index (χ2n) is 6.63. The number of imide groups is 1. The van der Waals surface area contributed by atoms with Gasteiger partial charge in [-0.25, -0.2) is 0 Å². The van der Waals surface area contributed by atoms with E-state index in [0.29, 0.717) is 23.0 Å². The van der Waals surface area contributed by atoms with Gasteiger partial charge in [0.1, 0.15) is 11.5 Å². The third kappa shape index (κ3) is 4.71. The van der Waals surface area contributed by atoms with Gasteiger partial charge in [-0.2, -0.15) is 0 Å². The Morgan fingerprint density at radius 2 is 1.83 bits per heavy atom. The highest BCUT2D eigenvalue weighted by atomic mass is 79.9. The fourth-order valence-corrected chi connectivity index (χ4v) is 4.38. The summed E-state index contributed by atoms with van der Waals surface area (Å²) in [5.41, 5.74) is 2.14. The SMILES string of the molecule is O=C1S/C(=C/c2ccc(-c3cccc(Br)c3)o2)C(=O)N1CCCc1ccccc1. The van der Waals surface area contributed by atoms with Gasteiger partial charge in [-0.15, -0.1) is 0 Å². The van der Waals surface area contributed by atoms with Crippen molar-refractivity contribution < 1.29 is 14.0 Å². The quantitative estimate of drug-likeness (QED) is 0.394. The Morgan fingerprint density at radius 1 is 1.00 bits per heavy atom. The zero-order valence-electron chi connectivity index (χ0n) is 15.5. The molecule has 0 N–H and O–H groups in total. The van der Waals surface area contributed by atoms with Crippen molar-refractivity contribution in [1.82, 2.24) is 4.90 Å². The molecule has 2 aromatic carbocycles. The number of halogens is 1. The van der Waals surface area contributed by atoms with E-state index in [1.54, 1.807) is 12.1 Å². The van der Waals surface area contributed by atoms with E-state index in [-0.39, 0.29) is 11.1 Å². The average Bonchev–Trinajstić information content (AvgIpc) is 3.29. The normalized spacial score (nSPS) is 15.5. The maximum atomic E-state index is 12.7. The molecular weight excluding hydrogens is 450 g/mol. The van der Waals surface area contributed by atoms with Gasteiger partial charge in [0, 0.05) is 22.7 Å². The number of rotatable bonds is 6. The van der Waals surface area contributed by atoms with E-state index in [1.807, 2.05) is 60.7 Å². The van der Waals surface area contributed by atoms with Crippen LogP contribution in [-0.2, 0) is 11.2 Å². The molecule has 0 spiro atoms. The molecular formula is C23H18BrNO3S. The van der Waals surface area contributed by atoms with Crippen LogP contribution in [-0.4, -0.2) is 22.6 Å². The molecule has 6 heteroatoms. The summed E-state index contributed by atoms with van der Waals surface area (Å²) < 4.78 is 6.81. The predicted octanol–water partition coefficient (Wildman–Crippen LogP) is 6.38. The molecule has 3 aromatic rings. The molecule has 0 aliphatic carbocycles. The van der Waals surface area contributed by atoms with Crippen LogP contribution in [0, 0.1) is 0 Å². The van der Waals surface area contributed by atoms with Crippen LogP contribution in [0.1, 0.15) is 17.7 Å². The Hall–Kier alpha value is -2.57. The number of amides is 2. The fraction of sp³-hybridized carbons (Fsp3) is 0.130. The monoisotopic (exact) mass is 467 g/mol. The average molecular weight is 468 g/mol. The molecule has 0 atom stereocenters. The minimum absolute atomic E-state index is 0.229. The Balaban J connectivity index is 1.42. The zero-order valence-corrected chi connectivity index (χ0v) is 17.9.